The summed E-state index contributed by atoms with van der Waals surface area (Å²) in [5.41, 5.74) is 3.86. The lowest BCUT2D eigenvalue weighted by atomic mass is 9.98. The highest BCUT2D eigenvalue weighted by Crippen LogP contribution is 2.44. The Labute approximate surface area is 202 Å². The van der Waals surface area contributed by atoms with Crippen molar-refractivity contribution in [3.8, 4) is 11.1 Å². The maximum atomic E-state index is 12.7. The second kappa shape index (κ2) is 10.5. The van der Waals surface area contributed by atoms with Gasteiger partial charge in [0.05, 0.1) is 12.0 Å². The predicted octanol–water partition coefficient (Wildman–Crippen LogP) is 3.01. The van der Waals surface area contributed by atoms with E-state index in [1.165, 1.54) is 0 Å². The van der Waals surface area contributed by atoms with Crippen molar-refractivity contribution < 1.29 is 29.0 Å². The fourth-order valence-electron chi connectivity index (χ4n) is 4.50. The van der Waals surface area contributed by atoms with Gasteiger partial charge in [0, 0.05) is 25.3 Å². The molecule has 4 rings (SSSR count). The number of hydrogen-bond acceptors (Lipinski definition) is 6. The van der Waals surface area contributed by atoms with Crippen molar-refractivity contribution in [3.63, 3.8) is 0 Å². The molecule has 2 aliphatic rings. The summed E-state index contributed by atoms with van der Waals surface area (Å²) in [6.45, 7) is 0.323. The van der Waals surface area contributed by atoms with E-state index in [4.69, 9.17) is 9.47 Å². The molecule has 2 unspecified atom stereocenters. The van der Waals surface area contributed by atoms with Gasteiger partial charge >= 0.3 is 12.1 Å². The predicted molar refractivity (Wildman–Crippen MR) is 129 cm³/mol. The minimum absolute atomic E-state index is 0.0747. The van der Waals surface area contributed by atoms with Crippen LogP contribution in [0, 0.1) is 0 Å². The van der Waals surface area contributed by atoms with Crippen LogP contribution in [-0.4, -0.2) is 66.5 Å². The molecule has 1 aliphatic heterocycles. The summed E-state index contributed by atoms with van der Waals surface area (Å²) in [5, 5.41) is 14.4. The summed E-state index contributed by atoms with van der Waals surface area (Å²) in [6.07, 6.45) is -0.594. The largest absolute Gasteiger partial charge is 0.481 e. The number of carbonyl (C=O) groups is 3. The van der Waals surface area contributed by atoms with Crippen LogP contribution in [0.5, 0.6) is 0 Å². The first-order valence-corrected chi connectivity index (χ1v) is 12.3. The lowest BCUT2D eigenvalue weighted by molar-refractivity contribution is -0.140. The number of ether oxygens (including phenoxy) is 2. The van der Waals surface area contributed by atoms with Crippen LogP contribution in [0.25, 0.3) is 11.1 Å². The Hall–Kier alpha value is -3.04. The molecule has 0 bridgehead atoms. The Morgan fingerprint density at radius 1 is 1.12 bits per heavy atom. The van der Waals surface area contributed by atoms with Crippen molar-refractivity contribution in [2.45, 2.75) is 30.4 Å². The van der Waals surface area contributed by atoms with Crippen molar-refractivity contribution in [2.75, 3.05) is 31.8 Å². The lowest BCUT2D eigenvalue weighted by Gasteiger charge is -2.28. The number of rotatable bonds is 9. The number of alkyl carbamates (subject to hydrolysis) is 1. The van der Waals surface area contributed by atoms with Crippen LogP contribution < -0.4 is 10.6 Å². The second-order valence-electron chi connectivity index (χ2n) is 8.53. The highest BCUT2D eigenvalue weighted by Gasteiger charge is 2.36. The minimum Gasteiger partial charge on any atom is -0.481 e. The van der Waals surface area contributed by atoms with Gasteiger partial charge in [-0.2, -0.15) is 11.8 Å². The normalized spacial score (nSPS) is 19.7. The van der Waals surface area contributed by atoms with Gasteiger partial charge in [0.1, 0.15) is 12.6 Å². The number of aliphatic carboxylic acids is 1. The maximum absolute atomic E-state index is 12.7. The molecule has 34 heavy (non-hydrogen) atoms. The number of thioether (sulfide) groups is 1. The van der Waals surface area contributed by atoms with Crippen LogP contribution in [0.1, 0.15) is 29.9 Å². The fourth-order valence-corrected chi connectivity index (χ4v) is 5.90. The van der Waals surface area contributed by atoms with E-state index in [-0.39, 0.29) is 19.1 Å². The molecule has 0 saturated carbocycles. The number of carboxylic acid groups (broad SMARTS) is 1. The molecule has 1 saturated heterocycles. The highest BCUT2D eigenvalue weighted by atomic mass is 32.2. The molecule has 3 N–H and O–H groups in total. The zero-order valence-electron chi connectivity index (χ0n) is 18.9. The van der Waals surface area contributed by atoms with E-state index in [9.17, 15) is 19.5 Å². The molecule has 1 fully saturated rings. The molecule has 0 aromatic heterocycles. The molecular formula is C25H28N2O6S. The summed E-state index contributed by atoms with van der Waals surface area (Å²) < 4.78 is 11.0. The van der Waals surface area contributed by atoms with Crippen LogP contribution in [0.4, 0.5) is 4.79 Å². The average molecular weight is 485 g/mol. The van der Waals surface area contributed by atoms with E-state index < -0.39 is 36.0 Å². The zero-order valence-corrected chi connectivity index (χ0v) is 19.7. The molecule has 180 valence electrons. The summed E-state index contributed by atoms with van der Waals surface area (Å²) in [6, 6.07) is 14.7. The third kappa shape index (κ3) is 5.20. The zero-order chi connectivity index (χ0) is 24.1. The quantitative estimate of drug-likeness (QED) is 0.501. The SMILES string of the molecule is COC1(CNC(=O)C(CC(=O)O)NC(=O)OCC2c3ccccc3-c3ccccc32)CCSC1. The van der Waals surface area contributed by atoms with Crippen molar-refractivity contribution in [3.05, 3.63) is 59.7 Å². The van der Waals surface area contributed by atoms with Gasteiger partial charge < -0.3 is 25.2 Å². The smallest absolute Gasteiger partial charge is 0.407 e. The number of nitrogens with one attached hydrogen (secondary N) is 2. The molecule has 1 aliphatic carbocycles. The third-order valence-electron chi connectivity index (χ3n) is 6.42. The molecular weight excluding hydrogens is 456 g/mol. The summed E-state index contributed by atoms with van der Waals surface area (Å²) in [7, 11) is 1.60. The van der Waals surface area contributed by atoms with E-state index >= 15 is 0 Å². The number of carbonyl (C=O) groups excluding carboxylic acids is 2. The first-order chi connectivity index (χ1) is 16.4. The fraction of sp³-hybridized carbons (Fsp3) is 0.400. The minimum atomic E-state index is -1.25. The highest BCUT2D eigenvalue weighted by molar-refractivity contribution is 7.99. The third-order valence-corrected chi connectivity index (χ3v) is 7.64. The van der Waals surface area contributed by atoms with E-state index in [2.05, 4.69) is 10.6 Å². The Balaban J connectivity index is 1.38. The number of methoxy groups -OCH3 is 1. The Kier molecular flexibility index (Phi) is 7.43. The standard InChI is InChI=1S/C25H28N2O6S/c1-32-25(10-11-34-15-25)14-26-23(30)21(12-22(28)29)27-24(31)33-13-20-18-8-4-2-6-16(18)17-7-3-5-9-19(17)20/h2-9,20-21H,10-15H2,1H3,(H,26,30)(H,27,31)(H,28,29). The average Bonchev–Trinajstić information content (AvgIpc) is 3.44. The molecule has 2 aromatic rings. The topological polar surface area (TPSA) is 114 Å². The number of benzene rings is 2. The van der Waals surface area contributed by atoms with Crippen molar-refractivity contribution in [1.29, 1.82) is 0 Å². The Bertz CT molecular complexity index is 1020. The van der Waals surface area contributed by atoms with Gasteiger partial charge in [0.25, 0.3) is 0 Å². The number of hydrogen-bond donors (Lipinski definition) is 3. The van der Waals surface area contributed by atoms with Crippen LogP contribution in [0.2, 0.25) is 0 Å². The first-order valence-electron chi connectivity index (χ1n) is 11.2. The van der Waals surface area contributed by atoms with E-state index in [1.54, 1.807) is 18.9 Å². The Morgan fingerprint density at radius 2 is 1.76 bits per heavy atom. The molecule has 2 atom stereocenters. The van der Waals surface area contributed by atoms with Gasteiger partial charge in [-0.3, -0.25) is 9.59 Å². The van der Waals surface area contributed by atoms with Crippen LogP contribution in [0.15, 0.2) is 48.5 Å². The molecule has 8 nitrogen and oxygen atoms in total. The first kappa shape index (κ1) is 24.1. The molecule has 9 heteroatoms. The number of carboxylic acids is 1. The van der Waals surface area contributed by atoms with Crippen molar-refractivity contribution in [1.82, 2.24) is 10.6 Å². The van der Waals surface area contributed by atoms with Gasteiger partial charge in [-0.25, -0.2) is 4.79 Å². The van der Waals surface area contributed by atoms with Crippen molar-refractivity contribution >= 4 is 29.7 Å². The summed E-state index contributed by atoms with van der Waals surface area (Å²) in [4.78, 5) is 36.6. The van der Waals surface area contributed by atoms with E-state index in [1.807, 2.05) is 48.5 Å². The van der Waals surface area contributed by atoms with Crippen LogP contribution in [-0.2, 0) is 19.1 Å². The maximum Gasteiger partial charge on any atom is 0.407 e. The van der Waals surface area contributed by atoms with Crippen LogP contribution in [0.3, 0.4) is 0 Å². The molecule has 0 spiro atoms. The summed E-state index contributed by atoms with van der Waals surface area (Å²) in [5.74, 6) is -0.236. The van der Waals surface area contributed by atoms with E-state index in [0.29, 0.717) is 0 Å². The van der Waals surface area contributed by atoms with E-state index in [0.717, 1.165) is 40.2 Å². The monoisotopic (exact) mass is 484 g/mol. The lowest BCUT2D eigenvalue weighted by Crippen LogP contribution is -2.52. The van der Waals surface area contributed by atoms with Gasteiger partial charge in [0.2, 0.25) is 5.91 Å². The van der Waals surface area contributed by atoms with Gasteiger partial charge in [-0.05, 0) is 34.4 Å². The van der Waals surface area contributed by atoms with Crippen molar-refractivity contribution in [2.24, 2.45) is 0 Å². The molecule has 2 aromatic carbocycles. The number of amides is 2. The van der Waals surface area contributed by atoms with Gasteiger partial charge in [0.15, 0.2) is 0 Å². The molecule has 0 radical (unpaired) electrons. The number of fused-ring (bicyclic) bond motifs is 3. The summed E-state index contributed by atoms with van der Waals surface area (Å²) >= 11 is 1.74. The van der Waals surface area contributed by atoms with Gasteiger partial charge in [-0.1, -0.05) is 48.5 Å². The Morgan fingerprint density at radius 3 is 2.32 bits per heavy atom. The second-order valence-corrected chi connectivity index (χ2v) is 9.63. The van der Waals surface area contributed by atoms with Gasteiger partial charge in [-0.15, -0.1) is 0 Å². The van der Waals surface area contributed by atoms with Crippen LogP contribution >= 0.6 is 11.8 Å². The molecule has 2 amide bonds. The molecule has 1 heterocycles.